The fourth-order valence-electron chi connectivity index (χ4n) is 4.01. The third kappa shape index (κ3) is 4.24. The summed E-state index contributed by atoms with van der Waals surface area (Å²) in [6.07, 6.45) is 1.79. The zero-order chi connectivity index (χ0) is 24.0. The Bertz CT molecular complexity index is 1520. The molecule has 0 saturated heterocycles. The molecule has 34 heavy (non-hydrogen) atoms. The van der Waals surface area contributed by atoms with Crippen LogP contribution in [0, 0.1) is 0 Å². The van der Waals surface area contributed by atoms with Gasteiger partial charge in [0.25, 0.3) is 5.91 Å². The van der Waals surface area contributed by atoms with Crippen LogP contribution in [0.1, 0.15) is 27.7 Å². The standard InChI is InChI=1S/C24H21N3O4S3/c1-14(28)27-11-10-17-20(13-27)33-24(21(17)23-25-18-8-3-4-9-19(18)32-23)26-22(29)15-6-5-7-16(12-15)34(2,30)31/h3-9,12H,10-11,13H2,1-2H3,(H,26,29). The van der Waals surface area contributed by atoms with Crippen molar-refractivity contribution in [2.24, 2.45) is 0 Å². The van der Waals surface area contributed by atoms with Crippen molar-refractivity contribution in [2.45, 2.75) is 24.8 Å². The molecule has 0 radical (unpaired) electrons. The summed E-state index contributed by atoms with van der Waals surface area (Å²) in [5.74, 6) is -0.376. The first-order valence-corrected chi connectivity index (χ1v) is 14.1. The Labute approximate surface area is 205 Å². The first-order valence-electron chi connectivity index (χ1n) is 10.6. The zero-order valence-corrected chi connectivity index (χ0v) is 20.9. The summed E-state index contributed by atoms with van der Waals surface area (Å²) in [6, 6.07) is 13.9. The molecule has 0 saturated carbocycles. The number of thiophene rings is 1. The number of nitrogens with zero attached hydrogens (tertiary/aromatic N) is 2. The molecule has 3 heterocycles. The molecule has 0 fully saturated rings. The van der Waals surface area contributed by atoms with E-state index in [2.05, 4.69) is 5.32 Å². The quantitative estimate of drug-likeness (QED) is 0.432. The fourth-order valence-corrected chi connectivity index (χ4v) is 7.04. The van der Waals surface area contributed by atoms with Crippen LogP contribution in [0.5, 0.6) is 0 Å². The van der Waals surface area contributed by atoms with Gasteiger partial charge in [0.05, 0.1) is 21.7 Å². The van der Waals surface area contributed by atoms with E-state index in [1.807, 2.05) is 24.3 Å². The Morgan fingerprint density at radius 3 is 2.62 bits per heavy atom. The van der Waals surface area contributed by atoms with Crippen molar-refractivity contribution >= 4 is 59.5 Å². The predicted molar refractivity (Wildman–Crippen MR) is 135 cm³/mol. The number of hydrogen-bond donors (Lipinski definition) is 1. The third-order valence-corrected chi connectivity index (χ3v) is 9.06. The highest BCUT2D eigenvalue weighted by Crippen LogP contribution is 2.45. The summed E-state index contributed by atoms with van der Waals surface area (Å²) in [5.41, 5.74) is 3.13. The van der Waals surface area contributed by atoms with Crippen molar-refractivity contribution in [3.63, 3.8) is 0 Å². The van der Waals surface area contributed by atoms with Crippen LogP contribution < -0.4 is 5.32 Å². The van der Waals surface area contributed by atoms with E-state index in [0.29, 0.717) is 24.5 Å². The SMILES string of the molecule is CC(=O)N1CCc2c(sc(NC(=O)c3cccc(S(C)(=O)=O)c3)c2-c2nc3ccccc3s2)C1. The number of carbonyl (C=O) groups excluding carboxylic acids is 2. The highest BCUT2D eigenvalue weighted by Gasteiger charge is 2.28. The van der Waals surface area contributed by atoms with Gasteiger partial charge in [-0.1, -0.05) is 18.2 Å². The second-order valence-electron chi connectivity index (χ2n) is 8.14. The maximum Gasteiger partial charge on any atom is 0.256 e. The number of thiazole rings is 1. The minimum Gasteiger partial charge on any atom is -0.337 e. The maximum absolute atomic E-state index is 13.2. The van der Waals surface area contributed by atoms with Crippen LogP contribution in [0.3, 0.4) is 0 Å². The van der Waals surface area contributed by atoms with E-state index >= 15 is 0 Å². The molecule has 0 unspecified atom stereocenters. The number of fused-ring (bicyclic) bond motifs is 2. The number of nitrogens with one attached hydrogen (secondary N) is 1. The molecular formula is C24H21N3O4S3. The highest BCUT2D eigenvalue weighted by molar-refractivity contribution is 7.90. The molecule has 174 valence electrons. The number of sulfone groups is 1. The first-order chi connectivity index (χ1) is 16.2. The van der Waals surface area contributed by atoms with Gasteiger partial charge in [-0.3, -0.25) is 9.59 Å². The summed E-state index contributed by atoms with van der Waals surface area (Å²) < 4.78 is 24.9. The van der Waals surface area contributed by atoms with E-state index in [9.17, 15) is 18.0 Å². The second kappa shape index (κ2) is 8.61. The average molecular weight is 512 g/mol. The minimum absolute atomic E-state index is 0.0174. The maximum atomic E-state index is 13.2. The van der Waals surface area contributed by atoms with Gasteiger partial charge in [-0.05, 0) is 42.3 Å². The van der Waals surface area contributed by atoms with Gasteiger partial charge in [-0.25, -0.2) is 13.4 Å². The van der Waals surface area contributed by atoms with Gasteiger partial charge >= 0.3 is 0 Å². The predicted octanol–water partition coefficient (Wildman–Crippen LogP) is 4.59. The van der Waals surface area contributed by atoms with Gasteiger partial charge in [-0.2, -0.15) is 0 Å². The van der Waals surface area contributed by atoms with Gasteiger partial charge in [0.2, 0.25) is 5.91 Å². The molecule has 0 atom stereocenters. The van der Waals surface area contributed by atoms with Crippen molar-refractivity contribution < 1.29 is 18.0 Å². The van der Waals surface area contributed by atoms with Gasteiger partial charge in [0.1, 0.15) is 10.0 Å². The second-order valence-corrected chi connectivity index (χ2v) is 12.3. The first kappa shape index (κ1) is 22.7. The molecule has 1 N–H and O–H groups in total. The Kier molecular flexibility index (Phi) is 5.75. The molecule has 5 rings (SSSR count). The van der Waals surface area contributed by atoms with E-state index in [1.54, 1.807) is 35.3 Å². The van der Waals surface area contributed by atoms with Crippen LogP contribution in [-0.4, -0.2) is 42.9 Å². The number of rotatable bonds is 4. The van der Waals surface area contributed by atoms with Crippen LogP contribution >= 0.6 is 22.7 Å². The number of para-hydroxylation sites is 1. The van der Waals surface area contributed by atoms with E-state index in [1.165, 1.54) is 23.5 Å². The molecule has 10 heteroatoms. The van der Waals surface area contributed by atoms with Crippen LogP contribution in [-0.2, 0) is 27.6 Å². The Hall–Kier alpha value is -3.08. The molecule has 1 aliphatic heterocycles. The summed E-state index contributed by atoms with van der Waals surface area (Å²) in [5, 5.41) is 4.47. The molecule has 7 nitrogen and oxygen atoms in total. The molecule has 2 amide bonds. The van der Waals surface area contributed by atoms with Crippen LogP contribution in [0.2, 0.25) is 0 Å². The Morgan fingerprint density at radius 1 is 1.09 bits per heavy atom. The number of benzene rings is 2. The lowest BCUT2D eigenvalue weighted by Crippen LogP contribution is -2.33. The zero-order valence-electron chi connectivity index (χ0n) is 18.5. The lowest BCUT2D eigenvalue weighted by molar-refractivity contribution is -0.129. The van der Waals surface area contributed by atoms with E-state index in [0.717, 1.165) is 37.5 Å². The van der Waals surface area contributed by atoms with Gasteiger partial charge in [0.15, 0.2) is 9.84 Å². The smallest absolute Gasteiger partial charge is 0.256 e. The Morgan fingerprint density at radius 2 is 1.88 bits per heavy atom. The average Bonchev–Trinajstić information content (AvgIpc) is 3.38. The van der Waals surface area contributed by atoms with Crippen molar-refractivity contribution in [3.8, 4) is 10.6 Å². The molecule has 2 aromatic carbocycles. The monoisotopic (exact) mass is 511 g/mol. The molecule has 1 aliphatic rings. The normalized spacial score (nSPS) is 13.6. The minimum atomic E-state index is -3.44. The number of anilines is 1. The molecule has 2 aromatic heterocycles. The number of aromatic nitrogens is 1. The number of carbonyl (C=O) groups is 2. The number of amides is 2. The summed E-state index contributed by atoms with van der Waals surface area (Å²) in [4.78, 5) is 32.8. The molecular weight excluding hydrogens is 490 g/mol. The lowest BCUT2D eigenvalue weighted by atomic mass is 10.0. The fraction of sp³-hybridized carbons (Fsp3) is 0.208. The van der Waals surface area contributed by atoms with Crippen molar-refractivity contribution in [3.05, 3.63) is 64.5 Å². The van der Waals surface area contributed by atoms with Crippen molar-refractivity contribution in [1.82, 2.24) is 9.88 Å². The van der Waals surface area contributed by atoms with E-state index in [-0.39, 0.29) is 16.4 Å². The summed E-state index contributed by atoms with van der Waals surface area (Å²) in [7, 11) is -3.44. The van der Waals surface area contributed by atoms with Gasteiger partial charge in [0, 0.05) is 35.7 Å². The highest BCUT2D eigenvalue weighted by atomic mass is 32.2. The Balaban J connectivity index is 1.58. The topological polar surface area (TPSA) is 96.4 Å². The van der Waals surface area contributed by atoms with E-state index in [4.69, 9.17) is 4.98 Å². The van der Waals surface area contributed by atoms with Gasteiger partial charge in [-0.15, -0.1) is 22.7 Å². The van der Waals surface area contributed by atoms with Crippen molar-refractivity contribution in [2.75, 3.05) is 18.1 Å². The van der Waals surface area contributed by atoms with Gasteiger partial charge < -0.3 is 10.2 Å². The van der Waals surface area contributed by atoms with E-state index < -0.39 is 15.7 Å². The largest absolute Gasteiger partial charge is 0.337 e. The molecule has 4 aromatic rings. The third-order valence-electron chi connectivity index (χ3n) is 5.76. The summed E-state index contributed by atoms with van der Waals surface area (Å²) >= 11 is 3.01. The summed E-state index contributed by atoms with van der Waals surface area (Å²) in [6.45, 7) is 2.66. The lowest BCUT2D eigenvalue weighted by Gasteiger charge is -2.26. The van der Waals surface area contributed by atoms with Crippen LogP contribution in [0.25, 0.3) is 20.8 Å². The molecule has 0 spiro atoms. The van der Waals surface area contributed by atoms with Crippen LogP contribution in [0.15, 0.2) is 53.4 Å². The molecule has 0 bridgehead atoms. The number of hydrogen-bond acceptors (Lipinski definition) is 7. The van der Waals surface area contributed by atoms with Crippen LogP contribution in [0.4, 0.5) is 5.00 Å². The molecule has 0 aliphatic carbocycles. The van der Waals surface area contributed by atoms with Crippen molar-refractivity contribution in [1.29, 1.82) is 0 Å².